The van der Waals surface area contributed by atoms with E-state index < -0.39 is 0 Å². The molecule has 0 amide bonds. The number of hydrogen-bond acceptors (Lipinski definition) is 0. The Hall–Kier alpha value is -0.490. The minimum atomic E-state index is 0.257. The lowest BCUT2D eigenvalue weighted by Crippen LogP contribution is -1.91. The predicted molar refractivity (Wildman–Crippen MR) is 57.3 cm³/mol. The van der Waals surface area contributed by atoms with Gasteiger partial charge in [0.15, 0.2) is 0 Å². The van der Waals surface area contributed by atoms with Crippen LogP contribution < -0.4 is 0 Å². The fourth-order valence-corrected chi connectivity index (χ4v) is 2.71. The fourth-order valence-electron chi connectivity index (χ4n) is 2.29. The zero-order chi connectivity index (χ0) is 9.26. The number of benzene rings is 1. The molecule has 0 heterocycles. The first-order chi connectivity index (χ1) is 6.33. The SMILES string of the molecule is CCCC1CC(Cl)c2ccccc21. The van der Waals surface area contributed by atoms with Gasteiger partial charge in [0.05, 0.1) is 5.38 Å². The summed E-state index contributed by atoms with van der Waals surface area (Å²) in [5, 5.41) is 0.257. The van der Waals surface area contributed by atoms with Crippen molar-refractivity contribution < 1.29 is 0 Å². The number of halogens is 1. The molecule has 0 fully saturated rings. The van der Waals surface area contributed by atoms with Gasteiger partial charge in [0, 0.05) is 0 Å². The monoisotopic (exact) mass is 194 g/mol. The molecule has 0 spiro atoms. The Morgan fingerprint density at radius 2 is 2.00 bits per heavy atom. The van der Waals surface area contributed by atoms with Crippen molar-refractivity contribution in [2.24, 2.45) is 0 Å². The van der Waals surface area contributed by atoms with E-state index in [1.54, 1.807) is 0 Å². The van der Waals surface area contributed by atoms with Crippen LogP contribution in [0, 0.1) is 0 Å². The van der Waals surface area contributed by atoms with Crippen molar-refractivity contribution in [2.45, 2.75) is 37.5 Å². The molecular weight excluding hydrogens is 180 g/mol. The molecule has 0 aromatic heterocycles. The number of alkyl halides is 1. The quantitative estimate of drug-likeness (QED) is 0.618. The summed E-state index contributed by atoms with van der Waals surface area (Å²) in [6.07, 6.45) is 3.66. The minimum absolute atomic E-state index is 0.257. The second kappa shape index (κ2) is 3.71. The van der Waals surface area contributed by atoms with Gasteiger partial charge in [-0.15, -0.1) is 11.6 Å². The molecule has 2 unspecified atom stereocenters. The van der Waals surface area contributed by atoms with Crippen LogP contribution in [-0.4, -0.2) is 0 Å². The number of hydrogen-bond donors (Lipinski definition) is 0. The first-order valence-electron chi connectivity index (χ1n) is 5.05. The largest absolute Gasteiger partial charge is 0.118 e. The Kier molecular flexibility index (Phi) is 2.59. The standard InChI is InChI=1S/C12H15Cl/c1-2-5-9-8-12(13)11-7-4-3-6-10(9)11/h3-4,6-7,9,12H,2,5,8H2,1H3. The highest BCUT2D eigenvalue weighted by molar-refractivity contribution is 6.21. The Morgan fingerprint density at radius 1 is 1.31 bits per heavy atom. The van der Waals surface area contributed by atoms with Crippen LogP contribution >= 0.6 is 11.6 Å². The van der Waals surface area contributed by atoms with E-state index in [1.807, 2.05) is 0 Å². The lowest BCUT2D eigenvalue weighted by atomic mass is 9.97. The van der Waals surface area contributed by atoms with Crippen LogP contribution in [0.2, 0.25) is 0 Å². The highest BCUT2D eigenvalue weighted by Gasteiger charge is 2.27. The minimum Gasteiger partial charge on any atom is -0.118 e. The zero-order valence-electron chi connectivity index (χ0n) is 7.96. The van der Waals surface area contributed by atoms with Gasteiger partial charge in [0.25, 0.3) is 0 Å². The van der Waals surface area contributed by atoms with Crippen molar-refractivity contribution in [3.8, 4) is 0 Å². The average Bonchev–Trinajstić information content (AvgIpc) is 2.46. The average molecular weight is 195 g/mol. The highest BCUT2D eigenvalue weighted by Crippen LogP contribution is 2.45. The van der Waals surface area contributed by atoms with Gasteiger partial charge in [-0.1, -0.05) is 37.6 Å². The lowest BCUT2D eigenvalue weighted by Gasteiger charge is -2.08. The van der Waals surface area contributed by atoms with Crippen molar-refractivity contribution in [1.82, 2.24) is 0 Å². The van der Waals surface area contributed by atoms with E-state index in [9.17, 15) is 0 Å². The smallest absolute Gasteiger partial charge is 0.0593 e. The summed E-state index contributed by atoms with van der Waals surface area (Å²) in [7, 11) is 0. The molecule has 0 saturated carbocycles. The van der Waals surface area contributed by atoms with Gasteiger partial charge in [-0.25, -0.2) is 0 Å². The molecule has 2 atom stereocenters. The van der Waals surface area contributed by atoms with Crippen molar-refractivity contribution >= 4 is 11.6 Å². The van der Waals surface area contributed by atoms with Gasteiger partial charge in [0.2, 0.25) is 0 Å². The molecule has 0 bridgehead atoms. The molecule has 0 aliphatic heterocycles. The van der Waals surface area contributed by atoms with E-state index in [-0.39, 0.29) is 5.38 Å². The van der Waals surface area contributed by atoms with Gasteiger partial charge in [-0.05, 0) is 29.9 Å². The third kappa shape index (κ3) is 1.60. The molecule has 0 radical (unpaired) electrons. The maximum atomic E-state index is 6.27. The molecule has 0 nitrogen and oxygen atoms in total. The summed E-state index contributed by atoms with van der Waals surface area (Å²) in [5.74, 6) is 0.712. The summed E-state index contributed by atoms with van der Waals surface area (Å²) in [4.78, 5) is 0. The summed E-state index contributed by atoms with van der Waals surface area (Å²) >= 11 is 6.27. The molecule has 13 heavy (non-hydrogen) atoms. The number of rotatable bonds is 2. The summed E-state index contributed by atoms with van der Waals surface area (Å²) < 4.78 is 0. The molecule has 0 N–H and O–H groups in total. The third-order valence-corrected chi connectivity index (χ3v) is 3.32. The molecule has 1 aliphatic rings. The highest BCUT2D eigenvalue weighted by atomic mass is 35.5. The maximum Gasteiger partial charge on any atom is 0.0593 e. The third-order valence-electron chi connectivity index (χ3n) is 2.90. The molecule has 0 saturated heterocycles. The molecule has 2 rings (SSSR count). The van der Waals surface area contributed by atoms with Gasteiger partial charge < -0.3 is 0 Å². The van der Waals surface area contributed by atoms with Crippen LogP contribution in [0.25, 0.3) is 0 Å². The van der Waals surface area contributed by atoms with E-state index >= 15 is 0 Å². The zero-order valence-corrected chi connectivity index (χ0v) is 8.72. The summed E-state index contributed by atoms with van der Waals surface area (Å²) in [6, 6.07) is 8.61. The fraction of sp³-hybridized carbons (Fsp3) is 0.500. The van der Waals surface area contributed by atoms with Crippen LogP contribution in [0.4, 0.5) is 0 Å². The van der Waals surface area contributed by atoms with Crippen molar-refractivity contribution in [3.63, 3.8) is 0 Å². The van der Waals surface area contributed by atoms with E-state index in [0.29, 0.717) is 5.92 Å². The van der Waals surface area contributed by atoms with Crippen LogP contribution in [0.15, 0.2) is 24.3 Å². The normalized spacial score (nSPS) is 26.0. The molecule has 1 aromatic rings. The van der Waals surface area contributed by atoms with E-state index in [4.69, 9.17) is 11.6 Å². The van der Waals surface area contributed by atoms with Gasteiger partial charge in [0.1, 0.15) is 0 Å². The maximum absolute atomic E-state index is 6.27. The predicted octanol–water partition coefficient (Wildman–Crippen LogP) is 4.25. The topological polar surface area (TPSA) is 0 Å². The van der Waals surface area contributed by atoms with Crippen molar-refractivity contribution in [3.05, 3.63) is 35.4 Å². The van der Waals surface area contributed by atoms with Gasteiger partial charge in [-0.2, -0.15) is 0 Å². The molecule has 1 aliphatic carbocycles. The van der Waals surface area contributed by atoms with E-state index in [1.165, 1.54) is 24.0 Å². The van der Waals surface area contributed by atoms with Gasteiger partial charge >= 0.3 is 0 Å². The Morgan fingerprint density at radius 3 is 2.69 bits per heavy atom. The van der Waals surface area contributed by atoms with Crippen molar-refractivity contribution in [2.75, 3.05) is 0 Å². The molecule has 1 aromatic carbocycles. The van der Waals surface area contributed by atoms with Crippen LogP contribution in [-0.2, 0) is 0 Å². The second-order valence-electron chi connectivity index (χ2n) is 3.82. The van der Waals surface area contributed by atoms with Crippen LogP contribution in [0.5, 0.6) is 0 Å². The second-order valence-corrected chi connectivity index (χ2v) is 4.34. The van der Waals surface area contributed by atoms with E-state index in [0.717, 1.165) is 6.42 Å². The first kappa shape index (κ1) is 9.08. The molecular formula is C12H15Cl. The van der Waals surface area contributed by atoms with Crippen molar-refractivity contribution in [1.29, 1.82) is 0 Å². The number of fused-ring (bicyclic) bond motifs is 1. The van der Waals surface area contributed by atoms with Crippen LogP contribution in [0.1, 0.15) is 48.6 Å². The molecule has 1 heteroatoms. The van der Waals surface area contributed by atoms with Gasteiger partial charge in [-0.3, -0.25) is 0 Å². The Labute approximate surface area is 84.9 Å². The lowest BCUT2D eigenvalue weighted by molar-refractivity contribution is 0.602. The Bertz CT molecular complexity index is 293. The van der Waals surface area contributed by atoms with Crippen LogP contribution in [0.3, 0.4) is 0 Å². The van der Waals surface area contributed by atoms with E-state index in [2.05, 4.69) is 31.2 Å². The molecule has 70 valence electrons. The summed E-state index contributed by atoms with van der Waals surface area (Å²) in [6.45, 7) is 2.24. The first-order valence-corrected chi connectivity index (χ1v) is 5.49. The summed E-state index contributed by atoms with van der Waals surface area (Å²) in [5.41, 5.74) is 2.85. The Balaban J connectivity index is 2.30.